The van der Waals surface area contributed by atoms with Crippen LogP contribution in [0, 0.1) is 0 Å². The van der Waals surface area contributed by atoms with Gasteiger partial charge in [0.25, 0.3) is 5.91 Å². The van der Waals surface area contributed by atoms with E-state index in [2.05, 4.69) is 6.08 Å². The quantitative estimate of drug-likeness (QED) is 0.680. The first-order valence-electron chi connectivity index (χ1n) is 8.46. The number of amides is 1. The highest BCUT2D eigenvalue weighted by molar-refractivity contribution is 6.01. The summed E-state index contributed by atoms with van der Waals surface area (Å²) in [6, 6.07) is 8.87. The molecular formula is C19H24N2O3. The molecule has 1 aromatic carbocycles. The van der Waals surface area contributed by atoms with Crippen molar-refractivity contribution in [3.63, 3.8) is 0 Å². The van der Waals surface area contributed by atoms with E-state index >= 15 is 0 Å². The van der Waals surface area contributed by atoms with E-state index < -0.39 is 11.9 Å². The van der Waals surface area contributed by atoms with E-state index in [-0.39, 0.29) is 18.2 Å². The molecule has 24 heavy (non-hydrogen) atoms. The number of hydrogen-bond acceptors (Lipinski definition) is 4. The van der Waals surface area contributed by atoms with Crippen LogP contribution in [0.3, 0.4) is 0 Å². The second-order valence-electron chi connectivity index (χ2n) is 6.73. The van der Waals surface area contributed by atoms with Gasteiger partial charge in [0.15, 0.2) is 12.1 Å². The lowest BCUT2D eigenvalue weighted by Crippen LogP contribution is -2.47. The molecule has 128 valence electrons. The molecule has 0 saturated carbocycles. The lowest BCUT2D eigenvalue weighted by Gasteiger charge is -2.34. The molecule has 0 spiro atoms. The van der Waals surface area contributed by atoms with Gasteiger partial charge in [0.1, 0.15) is 5.54 Å². The predicted octanol–water partition coefficient (Wildman–Crippen LogP) is 2.18. The zero-order valence-electron chi connectivity index (χ0n) is 14.2. The van der Waals surface area contributed by atoms with Crippen molar-refractivity contribution in [3.8, 4) is 0 Å². The van der Waals surface area contributed by atoms with E-state index in [9.17, 15) is 14.7 Å². The van der Waals surface area contributed by atoms with E-state index in [1.165, 1.54) is 4.90 Å². The van der Waals surface area contributed by atoms with Gasteiger partial charge in [0.2, 0.25) is 0 Å². The van der Waals surface area contributed by atoms with E-state index in [1.807, 2.05) is 13.0 Å². The molecule has 5 nitrogen and oxygen atoms in total. The molecule has 2 unspecified atom stereocenters. The van der Waals surface area contributed by atoms with Crippen molar-refractivity contribution in [2.75, 3.05) is 13.6 Å². The van der Waals surface area contributed by atoms with Gasteiger partial charge in [-0.3, -0.25) is 14.5 Å². The molecule has 1 N–H and O–H groups in total. The van der Waals surface area contributed by atoms with E-state index in [4.69, 9.17) is 0 Å². The minimum absolute atomic E-state index is 0.114. The lowest BCUT2D eigenvalue weighted by molar-refractivity contribution is -0.135. The van der Waals surface area contributed by atoms with Gasteiger partial charge in [-0.05, 0) is 45.2 Å². The third-order valence-electron chi connectivity index (χ3n) is 5.33. The molecule has 1 saturated heterocycles. The summed E-state index contributed by atoms with van der Waals surface area (Å²) in [4.78, 5) is 28.4. The molecule has 0 aromatic heterocycles. The minimum Gasteiger partial charge on any atom is -0.361 e. The molecule has 1 fully saturated rings. The monoisotopic (exact) mass is 328 g/mol. The molecule has 1 heterocycles. The van der Waals surface area contributed by atoms with Crippen LogP contribution < -0.4 is 0 Å². The zero-order chi connectivity index (χ0) is 17.3. The number of nitrogens with zero attached hydrogens (tertiary/aromatic N) is 2. The highest BCUT2D eigenvalue weighted by Crippen LogP contribution is 2.38. The highest BCUT2D eigenvalue weighted by atomic mass is 16.3. The predicted molar refractivity (Wildman–Crippen MR) is 91.2 cm³/mol. The smallest absolute Gasteiger partial charge is 0.250 e. The Morgan fingerprint density at radius 2 is 2.00 bits per heavy atom. The van der Waals surface area contributed by atoms with E-state index in [0.717, 1.165) is 31.3 Å². The highest BCUT2D eigenvalue weighted by Gasteiger charge is 2.54. The number of allylic oxidation sites excluding steroid dienone is 1. The van der Waals surface area contributed by atoms with Gasteiger partial charge >= 0.3 is 0 Å². The van der Waals surface area contributed by atoms with Crippen LogP contribution in [0.5, 0.6) is 0 Å². The third-order valence-corrected chi connectivity index (χ3v) is 5.33. The molecule has 2 atom stereocenters. The lowest BCUT2D eigenvalue weighted by atomic mass is 9.83. The number of Topliss-reactive ketones (excluding diaryl/α,β-unsaturated/α-hetero) is 1. The number of ketones is 1. The van der Waals surface area contributed by atoms with Crippen LogP contribution in [0.1, 0.15) is 43.0 Å². The SMILES string of the molecule is CN1C(O)N(CC(=O)c2ccccc2)C(=O)C1(C)C1=CCCCC1. The van der Waals surface area contributed by atoms with Crippen molar-refractivity contribution in [1.82, 2.24) is 9.80 Å². The Balaban J connectivity index is 1.84. The first-order valence-corrected chi connectivity index (χ1v) is 8.46. The first kappa shape index (κ1) is 16.9. The Bertz CT molecular complexity index is 670. The summed E-state index contributed by atoms with van der Waals surface area (Å²) >= 11 is 0. The summed E-state index contributed by atoms with van der Waals surface area (Å²) in [5, 5.41) is 10.5. The number of likely N-dealkylation sites (N-methyl/N-ethyl adjacent to an activating group) is 1. The molecule has 1 aromatic rings. The van der Waals surface area contributed by atoms with Gasteiger partial charge in [0, 0.05) is 5.56 Å². The molecule has 0 bridgehead atoms. The van der Waals surface area contributed by atoms with Crippen molar-refractivity contribution in [2.24, 2.45) is 0 Å². The summed E-state index contributed by atoms with van der Waals surface area (Å²) in [6.07, 6.45) is 5.05. The average Bonchev–Trinajstić information content (AvgIpc) is 2.79. The van der Waals surface area contributed by atoms with Crippen LogP contribution in [0.15, 0.2) is 42.0 Å². The van der Waals surface area contributed by atoms with Gasteiger partial charge in [-0.25, -0.2) is 4.90 Å². The summed E-state index contributed by atoms with van der Waals surface area (Å²) in [6.45, 7) is 1.74. The topological polar surface area (TPSA) is 60.9 Å². The number of carbonyl (C=O) groups is 2. The number of aliphatic hydroxyl groups is 1. The number of hydrogen-bond donors (Lipinski definition) is 1. The van der Waals surface area contributed by atoms with Crippen molar-refractivity contribution in [2.45, 2.75) is 44.5 Å². The average molecular weight is 328 g/mol. The second kappa shape index (κ2) is 6.49. The zero-order valence-corrected chi connectivity index (χ0v) is 14.2. The summed E-state index contributed by atoms with van der Waals surface area (Å²) in [5.74, 6) is -0.367. The van der Waals surface area contributed by atoms with Gasteiger partial charge in [-0.1, -0.05) is 36.4 Å². The second-order valence-corrected chi connectivity index (χ2v) is 6.73. The van der Waals surface area contributed by atoms with E-state index in [0.29, 0.717) is 5.56 Å². The molecule has 0 radical (unpaired) electrons. The minimum atomic E-state index is -1.09. The van der Waals surface area contributed by atoms with Crippen molar-refractivity contribution >= 4 is 11.7 Å². The van der Waals surface area contributed by atoms with Crippen molar-refractivity contribution in [1.29, 1.82) is 0 Å². The molecular weight excluding hydrogens is 304 g/mol. The third kappa shape index (κ3) is 2.68. The number of aliphatic hydroxyl groups excluding tert-OH is 1. The van der Waals surface area contributed by atoms with Crippen LogP contribution in [0.2, 0.25) is 0 Å². The maximum absolute atomic E-state index is 13.0. The maximum Gasteiger partial charge on any atom is 0.250 e. The van der Waals surface area contributed by atoms with Crippen LogP contribution in [0.25, 0.3) is 0 Å². The molecule has 1 aliphatic heterocycles. The fourth-order valence-electron chi connectivity index (χ4n) is 3.64. The fourth-order valence-corrected chi connectivity index (χ4v) is 3.64. The standard InChI is InChI=1S/C19H24N2O3/c1-19(15-11-7-4-8-12-15)17(23)21(18(24)20(19)2)13-16(22)14-9-5-3-6-10-14/h3,5-6,9-11,18,24H,4,7-8,12-13H2,1-2H3. The van der Waals surface area contributed by atoms with E-state index in [1.54, 1.807) is 36.2 Å². The normalized spacial score (nSPS) is 28.1. The Morgan fingerprint density at radius 1 is 1.29 bits per heavy atom. The molecule has 2 aliphatic rings. The maximum atomic E-state index is 13.0. The molecule has 1 amide bonds. The van der Waals surface area contributed by atoms with Crippen LogP contribution in [-0.2, 0) is 4.79 Å². The Morgan fingerprint density at radius 3 is 2.62 bits per heavy atom. The van der Waals surface area contributed by atoms with Crippen LogP contribution >= 0.6 is 0 Å². The molecule has 5 heteroatoms. The van der Waals surface area contributed by atoms with Gasteiger partial charge in [0.05, 0.1) is 6.54 Å². The first-order chi connectivity index (χ1) is 11.5. The Hall–Kier alpha value is -1.98. The Kier molecular flexibility index (Phi) is 4.56. The summed E-state index contributed by atoms with van der Waals surface area (Å²) in [7, 11) is 1.74. The fraction of sp³-hybridized carbons (Fsp3) is 0.474. The van der Waals surface area contributed by atoms with Crippen molar-refractivity contribution in [3.05, 3.63) is 47.5 Å². The number of benzene rings is 1. The largest absolute Gasteiger partial charge is 0.361 e. The van der Waals surface area contributed by atoms with Crippen LogP contribution in [-0.4, -0.2) is 52.1 Å². The molecule has 3 rings (SSSR count). The van der Waals surface area contributed by atoms with Crippen LogP contribution in [0.4, 0.5) is 0 Å². The Labute approximate surface area is 142 Å². The van der Waals surface area contributed by atoms with Crippen molar-refractivity contribution < 1.29 is 14.7 Å². The number of carbonyl (C=O) groups excluding carboxylic acids is 2. The molecule has 1 aliphatic carbocycles. The van der Waals surface area contributed by atoms with Gasteiger partial charge in [-0.2, -0.15) is 0 Å². The summed E-state index contributed by atoms with van der Waals surface area (Å²) in [5.41, 5.74) is 0.733. The van der Waals surface area contributed by atoms with Gasteiger partial charge < -0.3 is 5.11 Å². The number of rotatable bonds is 4. The van der Waals surface area contributed by atoms with Gasteiger partial charge in [-0.15, -0.1) is 0 Å². The summed E-state index contributed by atoms with van der Waals surface area (Å²) < 4.78 is 0.